The van der Waals surface area contributed by atoms with Crippen LogP contribution >= 0.6 is 34.0 Å². The van der Waals surface area contributed by atoms with Gasteiger partial charge in [0, 0.05) is 77.5 Å². The third-order valence-electron chi connectivity index (χ3n) is 24.2. The van der Waals surface area contributed by atoms with Crippen molar-refractivity contribution < 1.29 is 0 Å². The third-order valence-corrected chi connectivity index (χ3v) is 27.5. The van der Waals surface area contributed by atoms with Gasteiger partial charge in [-0.25, -0.2) is 79.7 Å². The van der Waals surface area contributed by atoms with E-state index in [9.17, 15) is 0 Å². The summed E-state index contributed by atoms with van der Waals surface area (Å²) in [4.78, 5) is 80.8. The zero-order valence-corrected chi connectivity index (χ0v) is 76.8. The number of aromatic nitrogens is 22. The van der Waals surface area contributed by atoms with Crippen molar-refractivity contribution >= 4 is 129 Å². The zero-order valence-electron chi connectivity index (χ0n) is 74.3. The molecule has 0 radical (unpaired) electrons. The Labute approximate surface area is 815 Å². The number of para-hydroxylation sites is 5. The molecule has 0 amide bonds. The third kappa shape index (κ3) is 16.8. The second-order valence-corrected chi connectivity index (χ2v) is 36.2. The van der Waals surface area contributed by atoms with Gasteiger partial charge in [0.15, 0.2) is 52.4 Å². The lowest BCUT2D eigenvalue weighted by Gasteiger charge is -2.10. The number of nitrogens with zero attached hydrogens (tertiary/aromatic N) is 22. The monoisotopic (exact) mass is 1860 g/mol. The zero-order chi connectivity index (χ0) is 93.5. The standard InChI is InChI=1S/2C39H23N7S.C38H22N8S/c1-3-10-24(11-4-1)25-18-20-27(21-19-25)37-44-36(26-12-5-2-6-13-26)45-38(46-37)29-15-9-14-28(22-29)32-35-33(41-23-40-32)34-39(47-35)43-31-17-8-7-16-30(31)42-34;1-3-10-24(11-4-1)25-18-20-27(21-19-25)37-41-36(26-12-5-2-6-13-26)42-38(43-37)30-16-9-15-29(22-30)33-35-34(45-46-44-33)31-23-28-14-7-8-17-32(28)40-39(31)47-35;1-3-10-23(11-4-1)24-18-20-26(21-19-24)36-41-35(25-12-5-2-6-13-25)42-37(43-36)28-15-9-14-27(22-28)31-34-32(45-46-44-31)33-38(47-34)40-30-17-8-7-16-29(30)39-33/h2*1-23H;1-22H. The van der Waals surface area contributed by atoms with Crippen LogP contribution in [0, 0.1) is 0 Å². The van der Waals surface area contributed by atoms with Gasteiger partial charge in [-0.3, -0.25) is 0 Å². The molecule has 22 nitrogen and oxygen atoms in total. The molecule has 0 N–H and O–H groups in total. The van der Waals surface area contributed by atoms with Gasteiger partial charge in [0.05, 0.1) is 47.4 Å². The summed E-state index contributed by atoms with van der Waals surface area (Å²) in [5, 5.41) is 28.1. The molecule has 0 atom stereocenters. The van der Waals surface area contributed by atoms with Crippen LogP contribution in [0.3, 0.4) is 0 Å². The van der Waals surface area contributed by atoms with E-state index in [1.54, 1.807) is 29.0 Å². The fourth-order valence-electron chi connectivity index (χ4n) is 17.2. The minimum Gasteiger partial charge on any atom is -0.241 e. The highest BCUT2D eigenvalue weighted by Gasteiger charge is 2.25. The Morgan fingerprint density at radius 1 is 0.156 bits per heavy atom. The SMILES string of the molecule is c1ccc(-c2ccc(-c3nc(-c4ccccc4)nc(-c4cccc(-c5ncnc6c5sc5nc7ccccc7nc56)c4)n3)cc2)cc1.c1ccc(-c2ccc(-c3nc(-c4ccccc4)nc(-c4cccc(-c5nnnc6c5sc5nc7ccccc7cc56)c4)n3)cc2)cc1.c1ccc(-c2ccc(-c3nc(-c4ccccc4)nc(-c4cccc(-c5nnnc6c5sc5nc7ccccc7nc56)c4)n3)cc2)cc1. The van der Waals surface area contributed by atoms with Gasteiger partial charge in [-0.1, -0.05) is 352 Å². The van der Waals surface area contributed by atoms with Crippen LogP contribution in [0.25, 0.3) is 264 Å². The maximum absolute atomic E-state index is 4.99. The van der Waals surface area contributed by atoms with Gasteiger partial charge in [-0.05, 0) is 98.4 Å². The highest BCUT2D eigenvalue weighted by atomic mass is 32.1. The van der Waals surface area contributed by atoms with Crippen molar-refractivity contribution in [3.8, 4) is 170 Å². The average Bonchev–Trinajstić information content (AvgIpc) is 1.54. The Balaban J connectivity index is 0.000000111. The maximum atomic E-state index is 4.99. The second kappa shape index (κ2) is 36.8. The van der Waals surface area contributed by atoms with Crippen molar-refractivity contribution in [2.24, 2.45) is 0 Å². The Morgan fingerprint density at radius 2 is 0.418 bits per heavy atom. The quantitative estimate of drug-likeness (QED) is 0.0921. The number of hydrogen-bond acceptors (Lipinski definition) is 25. The predicted molar refractivity (Wildman–Crippen MR) is 564 cm³/mol. The molecule has 0 spiro atoms. The topological polar surface area (TPSA) is 284 Å². The summed E-state index contributed by atoms with van der Waals surface area (Å²) in [6.07, 6.45) is 1.60. The van der Waals surface area contributed by atoms with Crippen LogP contribution in [0.5, 0.6) is 0 Å². The summed E-state index contributed by atoms with van der Waals surface area (Å²) in [7, 11) is 0. The number of hydrogen-bond donors (Lipinski definition) is 0. The van der Waals surface area contributed by atoms with Crippen LogP contribution in [0.15, 0.2) is 413 Å². The number of benzene rings is 15. The van der Waals surface area contributed by atoms with Gasteiger partial charge >= 0.3 is 0 Å². The number of thiophene rings is 3. The van der Waals surface area contributed by atoms with Crippen LogP contribution < -0.4 is 0 Å². The summed E-state index contributed by atoms with van der Waals surface area (Å²) in [6.45, 7) is 0. The van der Waals surface area contributed by atoms with E-state index in [-0.39, 0.29) is 0 Å². The Morgan fingerprint density at radius 3 is 0.809 bits per heavy atom. The molecule has 27 rings (SSSR count). The first-order valence-electron chi connectivity index (χ1n) is 45.3. The molecule has 12 aromatic heterocycles. The van der Waals surface area contributed by atoms with Crippen LogP contribution in [-0.2, 0) is 0 Å². The van der Waals surface area contributed by atoms with E-state index >= 15 is 0 Å². The largest absolute Gasteiger partial charge is 0.241 e. The predicted octanol–water partition coefficient (Wildman–Crippen LogP) is 27.3. The molecule has 0 bridgehead atoms. The summed E-state index contributed by atoms with van der Waals surface area (Å²) >= 11 is 4.66. The molecule has 0 saturated carbocycles. The van der Waals surface area contributed by atoms with E-state index in [0.29, 0.717) is 63.6 Å². The number of pyridine rings is 1. The summed E-state index contributed by atoms with van der Waals surface area (Å²) in [6, 6.07) is 136. The maximum Gasteiger partial charge on any atom is 0.164 e. The molecular weight excluding hydrogens is 1800 g/mol. The molecule has 660 valence electrons. The molecule has 15 aromatic carbocycles. The summed E-state index contributed by atoms with van der Waals surface area (Å²) in [5.41, 5.74) is 28.0. The van der Waals surface area contributed by atoms with Crippen LogP contribution in [0.2, 0.25) is 0 Å². The van der Waals surface area contributed by atoms with Crippen molar-refractivity contribution in [3.05, 3.63) is 413 Å². The lowest BCUT2D eigenvalue weighted by Crippen LogP contribution is -2.00. The Hall–Kier alpha value is -18.8. The van der Waals surface area contributed by atoms with Crippen LogP contribution in [0.4, 0.5) is 0 Å². The van der Waals surface area contributed by atoms with Crippen molar-refractivity contribution in [1.29, 1.82) is 0 Å². The Kier molecular flexibility index (Phi) is 21.9. The normalized spacial score (nSPS) is 11.4. The van der Waals surface area contributed by atoms with E-state index in [1.165, 1.54) is 11.3 Å². The van der Waals surface area contributed by atoms with E-state index in [1.807, 2.05) is 267 Å². The first kappa shape index (κ1) is 84.0. The highest BCUT2D eigenvalue weighted by molar-refractivity contribution is 7.26. The lowest BCUT2D eigenvalue weighted by atomic mass is 10.0. The van der Waals surface area contributed by atoms with E-state index in [4.69, 9.17) is 74.8 Å². The van der Waals surface area contributed by atoms with Crippen molar-refractivity contribution in [2.45, 2.75) is 0 Å². The fourth-order valence-corrected chi connectivity index (χ4v) is 20.5. The first-order chi connectivity index (χ1) is 69.8. The number of rotatable bonds is 15. The molecule has 27 aromatic rings. The molecule has 141 heavy (non-hydrogen) atoms. The van der Waals surface area contributed by atoms with Gasteiger partial charge < -0.3 is 0 Å². The summed E-state index contributed by atoms with van der Waals surface area (Å²) < 4.78 is 2.76. The van der Waals surface area contributed by atoms with E-state index in [0.717, 1.165) is 201 Å². The molecule has 0 saturated heterocycles. The number of fused-ring (bicyclic) bond motifs is 12. The molecule has 25 heteroatoms. The molecule has 12 heterocycles. The van der Waals surface area contributed by atoms with Gasteiger partial charge in [0.2, 0.25) is 0 Å². The van der Waals surface area contributed by atoms with Gasteiger partial charge in [-0.15, -0.1) is 54.4 Å². The van der Waals surface area contributed by atoms with Gasteiger partial charge in [0.25, 0.3) is 0 Å². The molecule has 0 aliphatic carbocycles. The molecular formula is C116H68N22S3. The molecule has 0 aliphatic rings. The highest BCUT2D eigenvalue weighted by Crippen LogP contribution is 2.44. The van der Waals surface area contributed by atoms with Crippen molar-refractivity contribution in [2.75, 3.05) is 0 Å². The molecule has 0 unspecified atom stereocenters. The van der Waals surface area contributed by atoms with Crippen molar-refractivity contribution in [1.82, 2.24) is 111 Å². The minimum absolute atomic E-state index is 0.562. The minimum atomic E-state index is 0.562. The van der Waals surface area contributed by atoms with Gasteiger partial charge in [-0.2, -0.15) is 0 Å². The van der Waals surface area contributed by atoms with Crippen LogP contribution in [0.1, 0.15) is 0 Å². The second-order valence-electron chi connectivity index (χ2n) is 33.2. The average molecular weight is 1870 g/mol. The summed E-state index contributed by atoms with van der Waals surface area (Å²) in [5.74, 6) is 5.35. The first-order valence-corrected chi connectivity index (χ1v) is 47.8. The lowest BCUT2D eigenvalue weighted by molar-refractivity contribution is 0.904. The molecule has 0 fully saturated rings. The van der Waals surface area contributed by atoms with Crippen molar-refractivity contribution in [3.63, 3.8) is 0 Å². The fraction of sp³-hybridized carbons (Fsp3) is 0. The Bertz CT molecular complexity index is 8570. The smallest absolute Gasteiger partial charge is 0.164 e. The van der Waals surface area contributed by atoms with Gasteiger partial charge in [0.1, 0.15) is 59.8 Å². The van der Waals surface area contributed by atoms with E-state index < -0.39 is 0 Å². The van der Waals surface area contributed by atoms with E-state index in [2.05, 4.69) is 175 Å². The molecule has 0 aliphatic heterocycles. The van der Waals surface area contributed by atoms with Crippen LogP contribution in [-0.4, -0.2) is 111 Å².